The summed E-state index contributed by atoms with van der Waals surface area (Å²) in [6.07, 6.45) is 5.41. The molecule has 1 fully saturated rings. The van der Waals surface area contributed by atoms with Crippen LogP contribution in [0.3, 0.4) is 0 Å². The molecule has 1 N–H and O–H groups in total. The van der Waals surface area contributed by atoms with E-state index >= 15 is 0 Å². The van der Waals surface area contributed by atoms with E-state index in [1.54, 1.807) is 0 Å². The zero-order valence-corrected chi connectivity index (χ0v) is 8.11. The van der Waals surface area contributed by atoms with Crippen molar-refractivity contribution < 1.29 is 0 Å². The van der Waals surface area contributed by atoms with Gasteiger partial charge in [-0.15, -0.1) is 0 Å². The molecular formula is C10H21N. The van der Waals surface area contributed by atoms with E-state index in [-0.39, 0.29) is 0 Å². The van der Waals surface area contributed by atoms with Crippen LogP contribution in [0.25, 0.3) is 0 Å². The van der Waals surface area contributed by atoms with E-state index in [4.69, 9.17) is 0 Å². The second kappa shape index (κ2) is 3.57. The molecular weight excluding hydrogens is 134 g/mol. The first-order valence-electron chi connectivity index (χ1n) is 4.97. The molecule has 1 rings (SSSR count). The fourth-order valence-corrected chi connectivity index (χ4v) is 1.84. The van der Waals surface area contributed by atoms with Crippen LogP contribution in [-0.4, -0.2) is 12.1 Å². The largest absolute Gasteiger partial charge is 0.308 e. The van der Waals surface area contributed by atoms with Crippen molar-refractivity contribution in [2.75, 3.05) is 6.54 Å². The highest BCUT2D eigenvalue weighted by molar-refractivity contribution is 5.03. The van der Waals surface area contributed by atoms with Crippen molar-refractivity contribution in [1.29, 1.82) is 0 Å². The van der Waals surface area contributed by atoms with Crippen LogP contribution < -0.4 is 5.32 Å². The van der Waals surface area contributed by atoms with Gasteiger partial charge in [0, 0.05) is 12.1 Å². The van der Waals surface area contributed by atoms with Gasteiger partial charge >= 0.3 is 0 Å². The lowest BCUT2D eigenvalue weighted by Crippen LogP contribution is -2.18. The first-order chi connectivity index (χ1) is 5.22. The molecule has 66 valence electrons. The fourth-order valence-electron chi connectivity index (χ4n) is 1.84. The molecule has 1 heteroatoms. The third-order valence-electron chi connectivity index (χ3n) is 2.84. The average molecular weight is 155 g/mol. The lowest BCUT2D eigenvalue weighted by atomic mass is 9.91. The van der Waals surface area contributed by atoms with Crippen molar-refractivity contribution in [3.8, 4) is 0 Å². The van der Waals surface area contributed by atoms with E-state index < -0.39 is 0 Å². The van der Waals surface area contributed by atoms with Crippen LogP contribution in [0.1, 0.15) is 46.5 Å². The van der Waals surface area contributed by atoms with Crippen molar-refractivity contribution in [1.82, 2.24) is 5.32 Å². The Bertz CT molecular complexity index is 116. The van der Waals surface area contributed by atoms with Gasteiger partial charge in [-0.25, -0.2) is 0 Å². The molecule has 0 aromatic carbocycles. The molecule has 1 nitrogen and oxygen atoms in total. The summed E-state index contributed by atoms with van der Waals surface area (Å²) in [6.45, 7) is 8.19. The van der Waals surface area contributed by atoms with Gasteiger partial charge in [0.05, 0.1) is 0 Å². The van der Waals surface area contributed by atoms with Gasteiger partial charge in [0.1, 0.15) is 0 Å². The predicted octanol–water partition coefficient (Wildman–Crippen LogP) is 2.56. The van der Waals surface area contributed by atoms with Gasteiger partial charge in [-0.2, -0.15) is 0 Å². The molecule has 0 amide bonds. The molecule has 2 atom stereocenters. The van der Waals surface area contributed by atoms with E-state index in [1.807, 2.05) is 0 Å². The Labute approximate surface area is 70.6 Å². The first kappa shape index (κ1) is 9.05. The SMILES string of the molecule is CCCC1(CC(C)CC)CN1. The third kappa shape index (κ3) is 2.48. The van der Waals surface area contributed by atoms with E-state index in [0.29, 0.717) is 5.54 Å². The molecule has 0 aromatic heterocycles. The Hall–Kier alpha value is -0.0400. The minimum atomic E-state index is 0.574. The average Bonchev–Trinajstić information content (AvgIpc) is 2.70. The summed E-state index contributed by atoms with van der Waals surface area (Å²) in [7, 11) is 0. The molecule has 1 aliphatic heterocycles. The van der Waals surface area contributed by atoms with Gasteiger partial charge in [-0.05, 0) is 18.8 Å². The van der Waals surface area contributed by atoms with Gasteiger partial charge in [-0.3, -0.25) is 0 Å². The Morgan fingerprint density at radius 1 is 1.45 bits per heavy atom. The Kier molecular flexibility index (Phi) is 2.94. The second-order valence-electron chi connectivity index (χ2n) is 4.10. The molecule has 0 saturated carbocycles. The molecule has 1 aliphatic rings. The molecule has 11 heavy (non-hydrogen) atoms. The molecule has 0 aliphatic carbocycles. The summed E-state index contributed by atoms with van der Waals surface area (Å²) >= 11 is 0. The number of hydrogen-bond donors (Lipinski definition) is 1. The molecule has 0 spiro atoms. The Balaban J connectivity index is 2.23. The van der Waals surface area contributed by atoms with Crippen molar-refractivity contribution in [3.05, 3.63) is 0 Å². The summed E-state index contributed by atoms with van der Waals surface area (Å²) in [5, 5.41) is 3.51. The smallest absolute Gasteiger partial charge is 0.0309 e. The molecule has 2 unspecified atom stereocenters. The maximum absolute atomic E-state index is 3.51. The van der Waals surface area contributed by atoms with Gasteiger partial charge < -0.3 is 5.32 Å². The van der Waals surface area contributed by atoms with E-state index in [9.17, 15) is 0 Å². The lowest BCUT2D eigenvalue weighted by molar-refractivity contribution is 0.408. The zero-order chi connectivity index (χ0) is 8.32. The Morgan fingerprint density at radius 3 is 2.45 bits per heavy atom. The van der Waals surface area contributed by atoms with Crippen molar-refractivity contribution >= 4 is 0 Å². The lowest BCUT2D eigenvalue weighted by Gasteiger charge is -2.16. The topological polar surface area (TPSA) is 21.9 Å². The number of hydrogen-bond acceptors (Lipinski definition) is 1. The van der Waals surface area contributed by atoms with Crippen LogP contribution in [0, 0.1) is 5.92 Å². The maximum atomic E-state index is 3.51. The highest BCUT2D eigenvalue weighted by atomic mass is 15.2. The summed E-state index contributed by atoms with van der Waals surface area (Å²) in [5.41, 5.74) is 0.574. The standard InChI is InChI=1S/C10H21N/c1-4-6-10(8-11-10)7-9(3)5-2/h9,11H,4-8H2,1-3H3. The predicted molar refractivity (Wildman–Crippen MR) is 49.7 cm³/mol. The molecule has 1 heterocycles. The zero-order valence-electron chi connectivity index (χ0n) is 8.11. The van der Waals surface area contributed by atoms with E-state index in [1.165, 1.54) is 32.2 Å². The summed E-state index contributed by atoms with van der Waals surface area (Å²) in [6, 6.07) is 0. The van der Waals surface area contributed by atoms with Crippen LogP contribution in [0.5, 0.6) is 0 Å². The van der Waals surface area contributed by atoms with Crippen LogP contribution >= 0.6 is 0 Å². The minimum Gasteiger partial charge on any atom is -0.308 e. The highest BCUT2D eigenvalue weighted by Crippen LogP contribution is 2.31. The Morgan fingerprint density at radius 2 is 2.09 bits per heavy atom. The van der Waals surface area contributed by atoms with Crippen molar-refractivity contribution in [3.63, 3.8) is 0 Å². The monoisotopic (exact) mass is 155 g/mol. The van der Waals surface area contributed by atoms with Crippen LogP contribution in [0.4, 0.5) is 0 Å². The van der Waals surface area contributed by atoms with Crippen molar-refractivity contribution in [2.45, 2.75) is 52.0 Å². The van der Waals surface area contributed by atoms with E-state index in [0.717, 1.165) is 5.92 Å². The first-order valence-corrected chi connectivity index (χ1v) is 4.97. The molecule has 1 saturated heterocycles. The summed E-state index contributed by atoms with van der Waals surface area (Å²) < 4.78 is 0. The van der Waals surface area contributed by atoms with Crippen LogP contribution in [-0.2, 0) is 0 Å². The molecule has 0 bridgehead atoms. The molecule has 0 aromatic rings. The number of nitrogens with one attached hydrogen (secondary N) is 1. The van der Waals surface area contributed by atoms with Crippen LogP contribution in [0.15, 0.2) is 0 Å². The maximum Gasteiger partial charge on any atom is 0.0309 e. The van der Waals surface area contributed by atoms with Gasteiger partial charge in [-0.1, -0.05) is 33.6 Å². The summed E-state index contributed by atoms with van der Waals surface area (Å²) in [4.78, 5) is 0. The highest BCUT2D eigenvalue weighted by Gasteiger charge is 2.41. The quantitative estimate of drug-likeness (QED) is 0.605. The summed E-state index contributed by atoms with van der Waals surface area (Å²) in [5.74, 6) is 0.900. The van der Waals surface area contributed by atoms with E-state index in [2.05, 4.69) is 26.1 Å². The van der Waals surface area contributed by atoms with Crippen molar-refractivity contribution in [2.24, 2.45) is 5.92 Å². The normalized spacial score (nSPS) is 31.9. The van der Waals surface area contributed by atoms with Gasteiger partial charge in [0.15, 0.2) is 0 Å². The third-order valence-corrected chi connectivity index (χ3v) is 2.84. The van der Waals surface area contributed by atoms with Gasteiger partial charge in [0.25, 0.3) is 0 Å². The minimum absolute atomic E-state index is 0.574. The number of rotatable bonds is 5. The second-order valence-corrected chi connectivity index (χ2v) is 4.10. The fraction of sp³-hybridized carbons (Fsp3) is 1.00. The van der Waals surface area contributed by atoms with Gasteiger partial charge in [0.2, 0.25) is 0 Å². The van der Waals surface area contributed by atoms with Crippen LogP contribution in [0.2, 0.25) is 0 Å². The molecule has 0 radical (unpaired) electrons.